The third-order valence-electron chi connectivity index (χ3n) is 3.51. The Morgan fingerprint density at radius 3 is 1.95 bits per heavy atom. The van der Waals surface area contributed by atoms with Crippen LogP contribution in [0, 0.1) is 0 Å². The number of allylic oxidation sites excluding steroid dienone is 5. The molecule has 0 aliphatic rings. The Morgan fingerprint density at radius 2 is 1.45 bits per heavy atom. The highest BCUT2D eigenvalue weighted by atomic mass is 32.2. The minimum Gasteiger partial charge on any atom is -0.480 e. The van der Waals surface area contributed by atoms with E-state index in [1.807, 2.05) is 0 Å². The van der Waals surface area contributed by atoms with Crippen molar-refractivity contribution < 1.29 is 9.90 Å². The Bertz CT molecular complexity index is 438. The molecule has 0 radical (unpaired) electrons. The van der Waals surface area contributed by atoms with E-state index in [0.717, 1.165) is 31.4 Å². The summed E-state index contributed by atoms with van der Waals surface area (Å²) in [4.78, 5) is 11.0. The number of thioether (sulfide) groups is 1. The Balaban J connectivity index is 4.07. The fourth-order valence-corrected chi connectivity index (χ4v) is 2.70. The fraction of sp³-hybridized carbons (Fsp3) is 0.632. The molecule has 0 aromatic rings. The van der Waals surface area contributed by atoms with Gasteiger partial charge in [-0.25, -0.2) is 0 Å². The summed E-state index contributed by atoms with van der Waals surface area (Å²) in [6.07, 6.45) is 11.1. The number of rotatable bonds is 10. The highest BCUT2D eigenvalue weighted by molar-refractivity contribution is 8.01. The Hall–Kier alpha value is -0.960. The van der Waals surface area contributed by atoms with Crippen LogP contribution in [0.25, 0.3) is 0 Å². The van der Waals surface area contributed by atoms with E-state index in [9.17, 15) is 4.79 Å². The van der Waals surface area contributed by atoms with E-state index in [2.05, 4.69) is 45.9 Å². The van der Waals surface area contributed by atoms with Crippen LogP contribution >= 0.6 is 11.8 Å². The van der Waals surface area contributed by atoms with Gasteiger partial charge in [-0.1, -0.05) is 34.9 Å². The minimum atomic E-state index is -0.751. The molecular weight excluding hydrogens is 292 g/mol. The molecule has 0 aromatic carbocycles. The molecule has 0 aromatic heterocycles. The number of carboxylic acids is 1. The maximum atomic E-state index is 11.0. The third-order valence-corrected chi connectivity index (χ3v) is 4.74. The molecule has 0 atom stereocenters. The van der Waals surface area contributed by atoms with E-state index in [1.165, 1.54) is 28.5 Å². The van der Waals surface area contributed by atoms with E-state index in [-0.39, 0.29) is 0 Å². The van der Waals surface area contributed by atoms with E-state index in [1.54, 1.807) is 13.8 Å². The van der Waals surface area contributed by atoms with E-state index < -0.39 is 10.7 Å². The van der Waals surface area contributed by atoms with Gasteiger partial charge in [0.1, 0.15) is 4.75 Å². The van der Waals surface area contributed by atoms with E-state index in [4.69, 9.17) is 5.11 Å². The summed E-state index contributed by atoms with van der Waals surface area (Å²) in [5.41, 5.74) is 4.17. The molecule has 0 aliphatic heterocycles. The van der Waals surface area contributed by atoms with Crippen molar-refractivity contribution in [3.05, 3.63) is 34.9 Å². The van der Waals surface area contributed by atoms with Crippen LogP contribution in [0.3, 0.4) is 0 Å². The lowest BCUT2D eigenvalue weighted by molar-refractivity contribution is -0.138. The first-order valence-corrected chi connectivity index (χ1v) is 8.95. The van der Waals surface area contributed by atoms with Crippen LogP contribution in [0.2, 0.25) is 0 Å². The second-order valence-electron chi connectivity index (χ2n) is 6.59. The normalized spacial score (nSPS) is 13.2. The molecule has 0 unspecified atom stereocenters. The number of aliphatic carboxylic acids is 1. The summed E-state index contributed by atoms with van der Waals surface area (Å²) in [6, 6.07) is 0. The van der Waals surface area contributed by atoms with Crippen LogP contribution in [0.1, 0.15) is 67.2 Å². The number of carbonyl (C=O) groups is 1. The van der Waals surface area contributed by atoms with Crippen LogP contribution in [0.4, 0.5) is 0 Å². The molecule has 0 amide bonds. The van der Waals surface area contributed by atoms with Gasteiger partial charge in [0.15, 0.2) is 0 Å². The zero-order valence-corrected chi connectivity index (χ0v) is 15.8. The monoisotopic (exact) mass is 324 g/mol. The lowest BCUT2D eigenvalue weighted by Crippen LogP contribution is -2.27. The Labute approximate surface area is 140 Å². The second-order valence-corrected chi connectivity index (χ2v) is 8.23. The molecule has 0 bridgehead atoms. The van der Waals surface area contributed by atoms with Gasteiger partial charge in [-0.2, -0.15) is 0 Å². The Morgan fingerprint density at radius 1 is 0.955 bits per heavy atom. The average Bonchev–Trinajstić information content (AvgIpc) is 2.37. The van der Waals surface area contributed by atoms with Crippen LogP contribution in [0.15, 0.2) is 34.9 Å². The summed E-state index contributed by atoms with van der Waals surface area (Å²) in [6.45, 7) is 12.1. The van der Waals surface area contributed by atoms with Crippen molar-refractivity contribution in [2.24, 2.45) is 0 Å². The molecule has 22 heavy (non-hydrogen) atoms. The van der Waals surface area contributed by atoms with Crippen molar-refractivity contribution in [1.82, 2.24) is 0 Å². The molecule has 0 spiro atoms. The quantitative estimate of drug-likeness (QED) is 0.501. The van der Waals surface area contributed by atoms with Gasteiger partial charge >= 0.3 is 5.97 Å². The minimum absolute atomic E-state index is 0.710. The highest BCUT2D eigenvalue weighted by Gasteiger charge is 2.26. The van der Waals surface area contributed by atoms with E-state index in [0.29, 0.717) is 0 Å². The zero-order chi connectivity index (χ0) is 17.2. The molecule has 2 nitrogen and oxygen atoms in total. The van der Waals surface area contributed by atoms with Gasteiger partial charge in [0, 0.05) is 5.75 Å². The van der Waals surface area contributed by atoms with E-state index >= 15 is 0 Å². The first kappa shape index (κ1) is 21.0. The Kier molecular flexibility index (Phi) is 10.2. The third kappa shape index (κ3) is 10.7. The zero-order valence-electron chi connectivity index (χ0n) is 15.0. The molecule has 0 rings (SSSR count). The van der Waals surface area contributed by atoms with Gasteiger partial charge in [0.05, 0.1) is 0 Å². The predicted octanol–water partition coefficient (Wildman–Crippen LogP) is 6.00. The summed E-state index contributed by atoms with van der Waals surface area (Å²) in [5, 5.41) is 9.06. The number of hydrogen-bond donors (Lipinski definition) is 1. The lowest BCUT2D eigenvalue weighted by atomic mass is 10.1. The number of carboxylic acid groups (broad SMARTS) is 1. The van der Waals surface area contributed by atoms with Gasteiger partial charge in [0.25, 0.3) is 0 Å². The van der Waals surface area contributed by atoms with Crippen LogP contribution in [-0.4, -0.2) is 21.6 Å². The standard InChI is InChI=1S/C19H32O2S/c1-15(2)9-7-10-16(3)11-8-12-17(4)13-14-22-19(5,6)18(20)21/h9,11,13H,7-8,10,12,14H2,1-6H3,(H,20,21). The van der Waals surface area contributed by atoms with Crippen molar-refractivity contribution in [3.63, 3.8) is 0 Å². The van der Waals surface area contributed by atoms with Gasteiger partial charge < -0.3 is 5.11 Å². The van der Waals surface area contributed by atoms with Crippen molar-refractivity contribution in [3.8, 4) is 0 Å². The molecule has 126 valence electrons. The van der Waals surface area contributed by atoms with Crippen molar-refractivity contribution in [1.29, 1.82) is 0 Å². The SMILES string of the molecule is CC(C)=CCCC(C)=CCCC(C)=CCSC(C)(C)C(=O)O. The summed E-state index contributed by atoms with van der Waals surface area (Å²) < 4.78 is -0.710. The molecule has 0 saturated heterocycles. The van der Waals surface area contributed by atoms with Crippen LogP contribution in [0.5, 0.6) is 0 Å². The molecule has 1 N–H and O–H groups in total. The topological polar surface area (TPSA) is 37.3 Å². The summed E-state index contributed by atoms with van der Waals surface area (Å²) >= 11 is 1.47. The van der Waals surface area contributed by atoms with Gasteiger partial charge in [-0.3, -0.25) is 4.79 Å². The maximum absolute atomic E-state index is 11.0. The van der Waals surface area contributed by atoms with Crippen molar-refractivity contribution >= 4 is 17.7 Å². The highest BCUT2D eigenvalue weighted by Crippen LogP contribution is 2.25. The van der Waals surface area contributed by atoms with Gasteiger partial charge in [0.2, 0.25) is 0 Å². The fourth-order valence-electron chi connectivity index (χ4n) is 1.79. The maximum Gasteiger partial charge on any atom is 0.319 e. The van der Waals surface area contributed by atoms with Crippen molar-refractivity contribution in [2.45, 2.75) is 72.0 Å². The molecule has 0 heterocycles. The predicted molar refractivity (Wildman–Crippen MR) is 99.6 cm³/mol. The molecule has 0 saturated carbocycles. The summed E-state index contributed by atoms with van der Waals surface area (Å²) in [5.74, 6) is 0.00692. The van der Waals surface area contributed by atoms with Gasteiger partial charge in [-0.05, 0) is 67.2 Å². The molecule has 0 fully saturated rings. The second kappa shape index (κ2) is 10.7. The van der Waals surface area contributed by atoms with Crippen LogP contribution in [-0.2, 0) is 4.79 Å². The van der Waals surface area contributed by atoms with Crippen LogP contribution < -0.4 is 0 Å². The largest absolute Gasteiger partial charge is 0.480 e. The molecule has 0 aliphatic carbocycles. The molecular formula is C19H32O2S. The van der Waals surface area contributed by atoms with Crippen molar-refractivity contribution in [2.75, 3.05) is 5.75 Å². The first-order chi connectivity index (χ1) is 10.1. The molecule has 3 heteroatoms. The summed E-state index contributed by atoms with van der Waals surface area (Å²) in [7, 11) is 0. The first-order valence-electron chi connectivity index (χ1n) is 7.97. The smallest absolute Gasteiger partial charge is 0.319 e. The lowest BCUT2D eigenvalue weighted by Gasteiger charge is -2.17. The average molecular weight is 325 g/mol. The number of hydrogen-bond acceptors (Lipinski definition) is 2. The van der Waals surface area contributed by atoms with Gasteiger partial charge in [-0.15, -0.1) is 11.8 Å².